The largest absolute Gasteiger partial charge is 0.492 e. The third-order valence-corrected chi connectivity index (χ3v) is 3.66. The van der Waals surface area contributed by atoms with E-state index in [9.17, 15) is 4.79 Å². The third kappa shape index (κ3) is 7.62. The molecule has 2 rings (SSSR count). The van der Waals surface area contributed by atoms with Crippen molar-refractivity contribution in [2.75, 3.05) is 39.1 Å². The summed E-state index contributed by atoms with van der Waals surface area (Å²) in [6.07, 6.45) is 0. The van der Waals surface area contributed by atoms with Crippen LogP contribution in [0.2, 0.25) is 0 Å². The summed E-state index contributed by atoms with van der Waals surface area (Å²) >= 11 is 0. The van der Waals surface area contributed by atoms with E-state index in [1.54, 1.807) is 0 Å². The SMILES string of the molecule is CN(C)CCOc1cccc(NC(=O)C(CN)c2ccccc2)c1.Cl.Cl. The van der Waals surface area contributed by atoms with Crippen LogP contribution in [0.1, 0.15) is 11.5 Å². The first-order chi connectivity index (χ1) is 11.6. The zero-order chi connectivity index (χ0) is 17.4. The Morgan fingerprint density at radius 2 is 1.81 bits per heavy atom. The number of amides is 1. The lowest BCUT2D eigenvalue weighted by Gasteiger charge is -2.16. The highest BCUT2D eigenvalue weighted by Crippen LogP contribution is 2.20. The number of likely N-dealkylation sites (N-methyl/N-ethyl adjacent to an activating group) is 1. The summed E-state index contributed by atoms with van der Waals surface area (Å²) in [7, 11) is 3.99. The lowest BCUT2D eigenvalue weighted by Crippen LogP contribution is -2.27. The molecule has 0 aromatic heterocycles. The number of carbonyl (C=O) groups excluding carboxylic acids is 1. The van der Waals surface area contributed by atoms with E-state index in [4.69, 9.17) is 10.5 Å². The number of anilines is 1. The van der Waals surface area contributed by atoms with E-state index in [1.165, 1.54) is 0 Å². The van der Waals surface area contributed by atoms with Crippen molar-refractivity contribution >= 4 is 36.4 Å². The fraction of sp³-hybridized carbons (Fsp3) is 0.316. The molecule has 0 bridgehead atoms. The Morgan fingerprint density at radius 3 is 2.42 bits per heavy atom. The summed E-state index contributed by atoms with van der Waals surface area (Å²) in [5.74, 6) is 0.248. The van der Waals surface area contributed by atoms with Crippen molar-refractivity contribution in [3.8, 4) is 5.75 Å². The summed E-state index contributed by atoms with van der Waals surface area (Å²) < 4.78 is 5.69. The number of rotatable bonds is 8. The Bertz CT molecular complexity index is 654. The maximum atomic E-state index is 12.5. The second kappa shape index (κ2) is 12.5. The zero-order valence-corrected chi connectivity index (χ0v) is 16.7. The first kappa shape index (κ1) is 24.2. The van der Waals surface area contributed by atoms with Crippen molar-refractivity contribution in [3.05, 3.63) is 60.2 Å². The maximum Gasteiger partial charge on any atom is 0.233 e. The van der Waals surface area contributed by atoms with Crippen LogP contribution >= 0.6 is 24.8 Å². The molecule has 0 saturated carbocycles. The van der Waals surface area contributed by atoms with Crippen LogP contribution in [0.5, 0.6) is 5.75 Å². The van der Waals surface area contributed by atoms with Gasteiger partial charge in [-0.3, -0.25) is 4.79 Å². The molecule has 1 atom stereocenters. The summed E-state index contributed by atoms with van der Waals surface area (Å²) in [5, 5.41) is 2.92. The van der Waals surface area contributed by atoms with Gasteiger partial charge >= 0.3 is 0 Å². The molecule has 0 aliphatic heterocycles. The molecule has 144 valence electrons. The Balaban J connectivity index is 0.00000312. The molecule has 0 fully saturated rings. The van der Waals surface area contributed by atoms with Gasteiger partial charge in [0.2, 0.25) is 5.91 Å². The molecule has 0 saturated heterocycles. The van der Waals surface area contributed by atoms with Crippen LogP contribution in [0.25, 0.3) is 0 Å². The Kier molecular flexibility index (Phi) is 11.7. The second-order valence-electron chi connectivity index (χ2n) is 5.87. The average Bonchev–Trinajstić information content (AvgIpc) is 2.56. The molecule has 1 amide bonds. The third-order valence-electron chi connectivity index (χ3n) is 3.66. The number of nitrogens with zero attached hydrogens (tertiary/aromatic N) is 1. The molecule has 0 aliphatic rings. The molecule has 7 heteroatoms. The summed E-state index contributed by atoms with van der Waals surface area (Å²) in [5.41, 5.74) is 7.41. The van der Waals surface area contributed by atoms with Crippen molar-refractivity contribution in [3.63, 3.8) is 0 Å². The number of hydrogen-bond acceptors (Lipinski definition) is 4. The van der Waals surface area contributed by atoms with Gasteiger partial charge in [0, 0.05) is 24.8 Å². The predicted octanol–water partition coefficient (Wildman–Crippen LogP) is 3.15. The molecule has 2 aromatic carbocycles. The van der Waals surface area contributed by atoms with Gasteiger partial charge in [-0.1, -0.05) is 36.4 Å². The van der Waals surface area contributed by atoms with Crippen LogP contribution < -0.4 is 15.8 Å². The molecular formula is C19H27Cl2N3O2. The summed E-state index contributed by atoms with van der Waals surface area (Å²) in [6, 6.07) is 17.0. The first-order valence-corrected chi connectivity index (χ1v) is 8.03. The van der Waals surface area contributed by atoms with Crippen LogP contribution in [0.15, 0.2) is 54.6 Å². The van der Waals surface area contributed by atoms with E-state index in [2.05, 4.69) is 10.2 Å². The number of nitrogens with two attached hydrogens (primary N) is 1. The van der Waals surface area contributed by atoms with Crippen LogP contribution in [0.3, 0.4) is 0 Å². The second-order valence-corrected chi connectivity index (χ2v) is 5.87. The molecular weight excluding hydrogens is 373 g/mol. The van der Waals surface area contributed by atoms with Crippen molar-refractivity contribution in [1.29, 1.82) is 0 Å². The average molecular weight is 400 g/mol. The van der Waals surface area contributed by atoms with Gasteiger partial charge in [0.25, 0.3) is 0 Å². The van der Waals surface area contributed by atoms with Crippen LogP contribution in [0.4, 0.5) is 5.69 Å². The van der Waals surface area contributed by atoms with Gasteiger partial charge < -0.3 is 20.7 Å². The topological polar surface area (TPSA) is 67.6 Å². The molecule has 0 aliphatic carbocycles. The van der Waals surface area contributed by atoms with Gasteiger partial charge in [-0.2, -0.15) is 0 Å². The predicted molar refractivity (Wildman–Crippen MR) is 112 cm³/mol. The standard InChI is InChI=1S/C19H25N3O2.2ClH/c1-22(2)11-12-24-17-10-6-9-16(13-17)21-19(23)18(14-20)15-7-4-3-5-8-15;;/h3-10,13,18H,11-12,14,20H2,1-2H3,(H,21,23);2*1H. The monoisotopic (exact) mass is 399 g/mol. The molecule has 0 radical (unpaired) electrons. The van der Waals surface area contributed by atoms with E-state index in [1.807, 2.05) is 68.7 Å². The lowest BCUT2D eigenvalue weighted by atomic mass is 9.98. The highest BCUT2D eigenvalue weighted by Gasteiger charge is 2.18. The first-order valence-electron chi connectivity index (χ1n) is 8.03. The Morgan fingerprint density at radius 1 is 1.12 bits per heavy atom. The van der Waals surface area contributed by atoms with E-state index < -0.39 is 0 Å². The van der Waals surface area contributed by atoms with Gasteiger partial charge in [0.1, 0.15) is 12.4 Å². The van der Waals surface area contributed by atoms with Crippen molar-refractivity contribution in [1.82, 2.24) is 4.90 Å². The van der Waals surface area contributed by atoms with Gasteiger partial charge in [0.15, 0.2) is 0 Å². The minimum atomic E-state index is -0.371. The normalized spacial score (nSPS) is 11.1. The van der Waals surface area contributed by atoms with Gasteiger partial charge in [-0.15, -0.1) is 24.8 Å². The van der Waals surface area contributed by atoms with Gasteiger partial charge in [-0.25, -0.2) is 0 Å². The Labute approximate surface area is 167 Å². The number of nitrogens with one attached hydrogen (secondary N) is 1. The van der Waals surface area contributed by atoms with E-state index >= 15 is 0 Å². The molecule has 0 heterocycles. The van der Waals surface area contributed by atoms with Crippen LogP contribution in [0, 0.1) is 0 Å². The van der Waals surface area contributed by atoms with E-state index in [-0.39, 0.29) is 43.2 Å². The summed E-state index contributed by atoms with van der Waals surface area (Å²) in [4.78, 5) is 14.6. The fourth-order valence-corrected chi connectivity index (χ4v) is 2.32. The fourth-order valence-electron chi connectivity index (χ4n) is 2.32. The van der Waals surface area contributed by atoms with Crippen LogP contribution in [-0.2, 0) is 4.79 Å². The van der Waals surface area contributed by atoms with Gasteiger partial charge in [0.05, 0.1) is 5.92 Å². The number of benzene rings is 2. The number of halogens is 2. The molecule has 0 spiro atoms. The lowest BCUT2D eigenvalue weighted by molar-refractivity contribution is -0.117. The van der Waals surface area contributed by atoms with Gasteiger partial charge in [-0.05, 0) is 31.8 Å². The van der Waals surface area contributed by atoms with Crippen LogP contribution in [-0.4, -0.2) is 44.6 Å². The van der Waals surface area contributed by atoms with Crippen molar-refractivity contribution < 1.29 is 9.53 Å². The van der Waals surface area contributed by atoms with Crippen molar-refractivity contribution in [2.45, 2.75) is 5.92 Å². The minimum absolute atomic E-state index is 0. The number of ether oxygens (including phenoxy) is 1. The molecule has 2 aromatic rings. The summed E-state index contributed by atoms with van der Waals surface area (Å²) in [6.45, 7) is 1.69. The molecule has 1 unspecified atom stereocenters. The molecule has 3 N–H and O–H groups in total. The maximum absolute atomic E-state index is 12.5. The smallest absolute Gasteiger partial charge is 0.233 e. The Hall–Kier alpha value is -1.79. The number of carbonyl (C=O) groups is 1. The molecule has 5 nitrogen and oxygen atoms in total. The highest BCUT2D eigenvalue weighted by atomic mass is 35.5. The van der Waals surface area contributed by atoms with E-state index in [0.717, 1.165) is 17.9 Å². The van der Waals surface area contributed by atoms with Crippen molar-refractivity contribution in [2.24, 2.45) is 5.73 Å². The van der Waals surface area contributed by atoms with E-state index in [0.29, 0.717) is 12.3 Å². The minimum Gasteiger partial charge on any atom is -0.492 e. The molecule has 26 heavy (non-hydrogen) atoms. The quantitative estimate of drug-likeness (QED) is 0.715. The number of hydrogen-bond donors (Lipinski definition) is 2. The highest BCUT2D eigenvalue weighted by molar-refractivity contribution is 5.96. The zero-order valence-electron chi connectivity index (χ0n) is 15.1.